The Hall–Kier alpha value is -3.89. The summed E-state index contributed by atoms with van der Waals surface area (Å²) in [7, 11) is 1.51. The van der Waals surface area contributed by atoms with Crippen molar-refractivity contribution in [3.8, 4) is 23.8 Å². The molecule has 31 heavy (non-hydrogen) atoms. The number of fused-ring (bicyclic) bond motifs is 1. The van der Waals surface area contributed by atoms with Gasteiger partial charge in [-0.3, -0.25) is 5.32 Å². The van der Waals surface area contributed by atoms with Gasteiger partial charge in [0.15, 0.2) is 17.7 Å². The van der Waals surface area contributed by atoms with E-state index < -0.39 is 6.04 Å². The fourth-order valence-electron chi connectivity index (χ4n) is 3.12. The third-order valence-electron chi connectivity index (χ3n) is 4.82. The zero-order valence-corrected chi connectivity index (χ0v) is 17.9. The first-order valence-corrected chi connectivity index (χ1v) is 9.75. The van der Waals surface area contributed by atoms with Crippen molar-refractivity contribution in [2.24, 2.45) is 4.99 Å². The van der Waals surface area contributed by atoms with Crippen LogP contribution in [-0.4, -0.2) is 24.2 Å². The normalized spacial score (nSPS) is 15.4. The molecule has 1 aliphatic heterocycles. The molecule has 0 fully saturated rings. The van der Waals surface area contributed by atoms with Crippen molar-refractivity contribution in [3.05, 3.63) is 33.8 Å². The number of nitriles is 2. The fraction of sp³-hybridized carbons (Fsp3) is 0.300. The second-order valence-corrected chi connectivity index (χ2v) is 7.18. The van der Waals surface area contributed by atoms with E-state index in [0.29, 0.717) is 27.6 Å². The summed E-state index contributed by atoms with van der Waals surface area (Å²) in [6.45, 7) is 3.93. The summed E-state index contributed by atoms with van der Waals surface area (Å²) in [6.07, 6.45) is 2.53. The zero-order valence-electron chi connectivity index (χ0n) is 17.2. The fourth-order valence-corrected chi connectivity index (χ4v) is 3.38. The molecule has 2 aromatic rings. The van der Waals surface area contributed by atoms with Crippen molar-refractivity contribution in [1.82, 2.24) is 10.3 Å². The molecule has 0 amide bonds. The number of benzene rings is 1. The molecule has 0 radical (unpaired) electrons. The Kier molecular flexibility index (Phi) is 6.23. The first-order valence-electron chi connectivity index (χ1n) is 9.37. The van der Waals surface area contributed by atoms with Gasteiger partial charge in [0.1, 0.15) is 29.3 Å². The molecule has 0 spiro atoms. The molecule has 0 bridgehead atoms. The predicted octanol–water partition coefficient (Wildman–Crippen LogP) is 2.90. The minimum absolute atomic E-state index is 0.0314. The SMILES string of the molecule is CCC(C)Oc1c(Cl)cc(C2N=C(NC#N)Nc3nc(N)c(C#N)c(N)c32)cc1OC. The Labute approximate surface area is 184 Å². The number of nitrogen functional groups attached to an aromatic ring is 2. The largest absolute Gasteiger partial charge is 0.493 e. The molecule has 160 valence electrons. The lowest BCUT2D eigenvalue weighted by Crippen LogP contribution is -2.32. The smallest absolute Gasteiger partial charge is 0.211 e. The summed E-state index contributed by atoms with van der Waals surface area (Å²) in [5.41, 5.74) is 13.3. The number of nitrogens with zero attached hydrogens (tertiary/aromatic N) is 4. The minimum atomic E-state index is -0.739. The quantitative estimate of drug-likeness (QED) is 0.403. The van der Waals surface area contributed by atoms with Crippen LogP contribution in [0.4, 0.5) is 17.3 Å². The van der Waals surface area contributed by atoms with Crippen LogP contribution in [0.25, 0.3) is 0 Å². The number of rotatable bonds is 5. The highest BCUT2D eigenvalue weighted by Gasteiger charge is 2.31. The maximum absolute atomic E-state index is 9.44. The van der Waals surface area contributed by atoms with Gasteiger partial charge in [-0.25, -0.2) is 9.98 Å². The van der Waals surface area contributed by atoms with Crippen molar-refractivity contribution >= 4 is 34.9 Å². The van der Waals surface area contributed by atoms with Gasteiger partial charge in [0.2, 0.25) is 5.96 Å². The summed E-state index contributed by atoms with van der Waals surface area (Å²) in [5, 5.41) is 24.1. The van der Waals surface area contributed by atoms with E-state index in [0.717, 1.165) is 6.42 Å². The number of hydrogen-bond donors (Lipinski definition) is 4. The second-order valence-electron chi connectivity index (χ2n) is 6.77. The van der Waals surface area contributed by atoms with Crippen LogP contribution in [0, 0.1) is 22.8 Å². The van der Waals surface area contributed by atoms with Crippen LogP contribution in [0.2, 0.25) is 5.02 Å². The van der Waals surface area contributed by atoms with E-state index in [1.165, 1.54) is 7.11 Å². The third-order valence-corrected chi connectivity index (χ3v) is 5.10. The number of pyridine rings is 1. The topological polar surface area (TPSA) is 167 Å². The average molecular weight is 441 g/mol. The van der Waals surface area contributed by atoms with E-state index in [-0.39, 0.29) is 35.0 Å². The van der Waals surface area contributed by atoms with E-state index >= 15 is 0 Å². The number of nitrogens with one attached hydrogen (secondary N) is 2. The Morgan fingerprint density at radius 1 is 1.35 bits per heavy atom. The molecular weight excluding hydrogens is 420 g/mol. The van der Waals surface area contributed by atoms with Crippen LogP contribution in [0.1, 0.15) is 43.0 Å². The Balaban J connectivity index is 2.21. The number of methoxy groups -OCH3 is 1. The van der Waals surface area contributed by atoms with Gasteiger partial charge >= 0.3 is 0 Å². The second kappa shape index (κ2) is 8.86. The standard InChI is InChI=1S/C20H21ClN8O2/c1-4-9(2)31-17-12(21)5-10(6-13(17)30-3)16-14-15(24)11(7-22)18(25)28-19(14)29-20(27-16)26-8-23/h5-6,9,16H,4H2,1-3H3,(H6,24,25,26,27,28,29). The van der Waals surface area contributed by atoms with Gasteiger partial charge < -0.3 is 26.3 Å². The van der Waals surface area contributed by atoms with Gasteiger partial charge in [0.05, 0.1) is 23.9 Å². The predicted molar refractivity (Wildman–Crippen MR) is 118 cm³/mol. The summed E-state index contributed by atoms with van der Waals surface area (Å²) in [5.74, 6) is 1.22. The molecule has 0 saturated carbocycles. The highest BCUT2D eigenvalue weighted by Crippen LogP contribution is 2.45. The van der Waals surface area contributed by atoms with Crippen LogP contribution in [0.5, 0.6) is 11.5 Å². The van der Waals surface area contributed by atoms with Crippen LogP contribution in [0.3, 0.4) is 0 Å². The van der Waals surface area contributed by atoms with E-state index in [2.05, 4.69) is 20.6 Å². The summed E-state index contributed by atoms with van der Waals surface area (Å²) in [4.78, 5) is 8.75. The van der Waals surface area contributed by atoms with E-state index in [1.807, 2.05) is 19.9 Å². The molecule has 3 rings (SSSR count). The van der Waals surface area contributed by atoms with Gasteiger partial charge in [-0.2, -0.15) is 10.5 Å². The molecule has 6 N–H and O–H groups in total. The molecule has 11 heteroatoms. The lowest BCUT2D eigenvalue weighted by molar-refractivity contribution is 0.207. The van der Waals surface area contributed by atoms with E-state index in [1.54, 1.807) is 18.3 Å². The lowest BCUT2D eigenvalue weighted by Gasteiger charge is -2.27. The number of halogens is 1. The number of anilines is 3. The Morgan fingerprint density at radius 2 is 2.10 bits per heavy atom. The van der Waals surface area contributed by atoms with Crippen molar-refractivity contribution in [2.45, 2.75) is 32.4 Å². The summed E-state index contributed by atoms with van der Waals surface area (Å²) < 4.78 is 11.4. The van der Waals surface area contributed by atoms with E-state index in [4.69, 9.17) is 37.8 Å². The van der Waals surface area contributed by atoms with Crippen molar-refractivity contribution in [2.75, 3.05) is 23.9 Å². The monoisotopic (exact) mass is 440 g/mol. The summed E-state index contributed by atoms with van der Waals surface area (Å²) in [6, 6.07) is 4.62. The molecule has 10 nitrogen and oxygen atoms in total. The number of nitrogens with two attached hydrogens (primary N) is 2. The molecular formula is C20H21ClN8O2. The molecule has 2 heterocycles. The molecule has 0 aliphatic carbocycles. The minimum Gasteiger partial charge on any atom is -0.493 e. The molecule has 0 saturated heterocycles. The molecule has 1 aliphatic rings. The molecule has 2 atom stereocenters. The number of aromatic nitrogens is 1. The Morgan fingerprint density at radius 3 is 2.71 bits per heavy atom. The number of hydrogen-bond acceptors (Lipinski definition) is 10. The van der Waals surface area contributed by atoms with Crippen LogP contribution in [0.15, 0.2) is 17.1 Å². The highest BCUT2D eigenvalue weighted by atomic mass is 35.5. The van der Waals surface area contributed by atoms with E-state index in [9.17, 15) is 5.26 Å². The van der Waals surface area contributed by atoms with Crippen LogP contribution < -0.4 is 31.6 Å². The van der Waals surface area contributed by atoms with Gasteiger partial charge in [-0.05, 0) is 31.0 Å². The summed E-state index contributed by atoms with van der Waals surface area (Å²) >= 11 is 6.53. The maximum atomic E-state index is 9.44. The number of aliphatic imine (C=N–C) groups is 1. The number of ether oxygens (including phenoxy) is 2. The lowest BCUT2D eigenvalue weighted by atomic mass is 9.95. The zero-order chi connectivity index (χ0) is 22.7. The van der Waals surface area contributed by atoms with Gasteiger partial charge in [-0.15, -0.1) is 0 Å². The molecule has 1 aromatic heterocycles. The number of guanidine groups is 1. The first-order chi connectivity index (χ1) is 14.8. The van der Waals surface area contributed by atoms with Crippen molar-refractivity contribution in [1.29, 1.82) is 10.5 Å². The highest BCUT2D eigenvalue weighted by molar-refractivity contribution is 6.32. The van der Waals surface area contributed by atoms with Gasteiger partial charge in [-0.1, -0.05) is 18.5 Å². The Bertz CT molecular complexity index is 1140. The average Bonchev–Trinajstić information content (AvgIpc) is 2.74. The van der Waals surface area contributed by atoms with Crippen molar-refractivity contribution < 1.29 is 9.47 Å². The molecule has 2 unspecified atom stereocenters. The maximum Gasteiger partial charge on any atom is 0.211 e. The van der Waals surface area contributed by atoms with Gasteiger partial charge in [0.25, 0.3) is 0 Å². The first kappa shape index (κ1) is 21.8. The third kappa shape index (κ3) is 4.06. The van der Waals surface area contributed by atoms with Crippen molar-refractivity contribution in [3.63, 3.8) is 0 Å². The van der Waals surface area contributed by atoms with Gasteiger partial charge in [0, 0.05) is 5.56 Å². The van der Waals surface area contributed by atoms with Crippen LogP contribution >= 0.6 is 11.6 Å². The molecule has 1 aromatic carbocycles. The van der Waals surface area contributed by atoms with Crippen LogP contribution in [-0.2, 0) is 0 Å².